The third kappa shape index (κ3) is 4.07. The van der Waals surface area contributed by atoms with Crippen LogP contribution in [-0.2, 0) is 17.6 Å². The minimum atomic E-state index is -0.200. The van der Waals surface area contributed by atoms with Crippen molar-refractivity contribution in [3.8, 4) is 5.75 Å². The molecule has 3 heterocycles. The van der Waals surface area contributed by atoms with E-state index in [9.17, 15) is 4.79 Å². The van der Waals surface area contributed by atoms with E-state index in [1.807, 2.05) is 4.90 Å². The number of H-pyrrole nitrogens is 1. The maximum Gasteiger partial charge on any atom is 0.410 e. The number of amides is 1. The molecular formula is C32H32N2O3. The normalized spacial score (nSPS) is 22.8. The quantitative estimate of drug-likeness (QED) is 0.338. The van der Waals surface area contributed by atoms with Gasteiger partial charge in [-0.15, -0.1) is 0 Å². The van der Waals surface area contributed by atoms with Crippen molar-refractivity contribution in [1.82, 2.24) is 9.88 Å². The second-order valence-electron chi connectivity index (χ2n) is 10.6. The van der Waals surface area contributed by atoms with E-state index >= 15 is 0 Å². The lowest BCUT2D eigenvalue weighted by Gasteiger charge is -2.37. The molecule has 1 N–H and O–H groups in total. The molecule has 1 fully saturated rings. The number of nitrogens with one attached hydrogen (secondary N) is 1. The standard InChI is InChI=1S/C32H32N2O3/c35-32(37-25-13-10-22(11-14-25)21-6-2-1-3-7-21)34-18-16-27-26-8-4-5-9-28(26)33-30(27)31(34)24-12-15-29-23(20-24)17-19-36-29/h1-9,12,15,20,22,25,31,33H,10-11,13-14,16-19H2/t22?,25?,31-/m1/s1. The van der Waals surface area contributed by atoms with Crippen LogP contribution in [0, 0.1) is 0 Å². The number of hydrogen-bond donors (Lipinski definition) is 1. The van der Waals surface area contributed by atoms with E-state index in [0.717, 1.165) is 67.7 Å². The van der Waals surface area contributed by atoms with Crippen molar-refractivity contribution in [2.24, 2.45) is 0 Å². The largest absolute Gasteiger partial charge is 0.493 e. The van der Waals surface area contributed by atoms with E-state index in [-0.39, 0.29) is 18.2 Å². The summed E-state index contributed by atoms with van der Waals surface area (Å²) < 4.78 is 12.0. The number of rotatable bonds is 3. The third-order valence-corrected chi connectivity index (χ3v) is 8.51. The highest BCUT2D eigenvalue weighted by Crippen LogP contribution is 2.41. The number of para-hydroxylation sites is 1. The van der Waals surface area contributed by atoms with Crippen molar-refractivity contribution in [1.29, 1.82) is 0 Å². The van der Waals surface area contributed by atoms with Crippen LogP contribution in [-0.4, -0.2) is 35.2 Å². The Balaban J connectivity index is 1.16. The lowest BCUT2D eigenvalue weighted by molar-refractivity contribution is 0.0348. The van der Waals surface area contributed by atoms with Crippen LogP contribution in [0.5, 0.6) is 5.75 Å². The van der Waals surface area contributed by atoms with Crippen LogP contribution in [0.2, 0.25) is 0 Å². The van der Waals surface area contributed by atoms with Gasteiger partial charge in [-0.25, -0.2) is 4.79 Å². The minimum Gasteiger partial charge on any atom is -0.493 e. The topological polar surface area (TPSA) is 54.6 Å². The van der Waals surface area contributed by atoms with Crippen molar-refractivity contribution in [2.75, 3.05) is 13.2 Å². The van der Waals surface area contributed by atoms with Gasteiger partial charge in [0.2, 0.25) is 0 Å². The van der Waals surface area contributed by atoms with Crippen LogP contribution >= 0.6 is 0 Å². The maximum atomic E-state index is 13.7. The van der Waals surface area contributed by atoms with E-state index < -0.39 is 0 Å². The molecule has 3 aromatic carbocycles. The minimum absolute atomic E-state index is 0.0226. The number of carbonyl (C=O) groups is 1. The Hall–Kier alpha value is -3.73. The molecule has 0 unspecified atom stereocenters. The Kier molecular flexibility index (Phi) is 5.64. The average molecular weight is 493 g/mol. The molecule has 5 heteroatoms. The number of benzene rings is 3. The van der Waals surface area contributed by atoms with E-state index in [2.05, 4.69) is 77.8 Å². The van der Waals surface area contributed by atoms with Gasteiger partial charge in [0.1, 0.15) is 17.9 Å². The predicted octanol–water partition coefficient (Wildman–Crippen LogP) is 6.91. The first-order chi connectivity index (χ1) is 18.2. The van der Waals surface area contributed by atoms with Crippen LogP contribution in [0.4, 0.5) is 4.79 Å². The number of aromatic amines is 1. The number of fused-ring (bicyclic) bond motifs is 4. The van der Waals surface area contributed by atoms with Gasteiger partial charge < -0.3 is 14.5 Å². The Labute approximate surface area is 217 Å². The van der Waals surface area contributed by atoms with Crippen molar-refractivity contribution < 1.29 is 14.3 Å². The van der Waals surface area contributed by atoms with Gasteiger partial charge in [-0.2, -0.15) is 0 Å². The Bertz CT molecular complexity index is 1440. The second kappa shape index (κ2) is 9.29. The molecule has 0 bridgehead atoms. The summed E-state index contributed by atoms with van der Waals surface area (Å²) in [6.45, 7) is 1.36. The molecule has 2 aliphatic heterocycles. The second-order valence-corrected chi connectivity index (χ2v) is 10.6. The van der Waals surface area contributed by atoms with Crippen molar-refractivity contribution in [3.63, 3.8) is 0 Å². The molecule has 0 radical (unpaired) electrons. The van der Waals surface area contributed by atoms with Gasteiger partial charge in [0.05, 0.1) is 6.61 Å². The Morgan fingerprint density at radius 2 is 1.70 bits per heavy atom. The van der Waals surface area contributed by atoms with Gasteiger partial charge in [0, 0.05) is 29.6 Å². The van der Waals surface area contributed by atoms with E-state index in [0.29, 0.717) is 12.5 Å². The molecule has 188 valence electrons. The number of carbonyl (C=O) groups excluding carboxylic acids is 1. The van der Waals surface area contributed by atoms with Crippen LogP contribution in [0.15, 0.2) is 72.8 Å². The summed E-state index contributed by atoms with van der Waals surface area (Å²) in [7, 11) is 0. The summed E-state index contributed by atoms with van der Waals surface area (Å²) in [4.78, 5) is 19.3. The summed E-state index contributed by atoms with van der Waals surface area (Å²) in [5.74, 6) is 1.52. The fourth-order valence-corrected chi connectivity index (χ4v) is 6.61. The lowest BCUT2D eigenvalue weighted by atomic mass is 9.83. The van der Waals surface area contributed by atoms with Gasteiger partial charge >= 0.3 is 6.09 Å². The first kappa shape index (κ1) is 22.5. The summed E-state index contributed by atoms with van der Waals surface area (Å²) in [5.41, 5.74) is 7.27. The summed E-state index contributed by atoms with van der Waals surface area (Å²) in [6.07, 6.45) is 5.45. The zero-order valence-electron chi connectivity index (χ0n) is 21.0. The highest BCUT2D eigenvalue weighted by Gasteiger charge is 2.37. The molecule has 5 nitrogen and oxygen atoms in total. The lowest BCUT2D eigenvalue weighted by Crippen LogP contribution is -2.42. The summed E-state index contributed by atoms with van der Waals surface area (Å²) in [6, 6.07) is 25.4. The zero-order chi connectivity index (χ0) is 24.8. The van der Waals surface area contributed by atoms with Crippen molar-refractivity contribution >= 4 is 17.0 Å². The van der Waals surface area contributed by atoms with Crippen molar-refractivity contribution in [2.45, 2.75) is 56.6 Å². The Morgan fingerprint density at radius 3 is 2.57 bits per heavy atom. The molecule has 1 aromatic heterocycles. The molecule has 3 aliphatic rings. The first-order valence-electron chi connectivity index (χ1n) is 13.6. The Morgan fingerprint density at radius 1 is 0.892 bits per heavy atom. The molecule has 37 heavy (non-hydrogen) atoms. The monoisotopic (exact) mass is 492 g/mol. The molecule has 4 aromatic rings. The van der Waals surface area contributed by atoms with Crippen LogP contribution < -0.4 is 4.74 Å². The van der Waals surface area contributed by atoms with Gasteiger partial charge in [-0.05, 0) is 78.5 Å². The fourth-order valence-electron chi connectivity index (χ4n) is 6.61. The SMILES string of the molecule is O=C(OC1CCC(c2ccccc2)CC1)N1CCc2c([nH]c3ccccc23)[C@H]1c1ccc2c(c1)CCO2. The molecule has 1 aliphatic carbocycles. The maximum absolute atomic E-state index is 13.7. The number of hydrogen-bond acceptors (Lipinski definition) is 3. The molecule has 1 amide bonds. The number of nitrogens with zero attached hydrogens (tertiary/aromatic N) is 1. The number of ether oxygens (including phenoxy) is 2. The fraction of sp³-hybridized carbons (Fsp3) is 0.344. The smallest absolute Gasteiger partial charge is 0.410 e. The molecule has 0 spiro atoms. The van der Waals surface area contributed by atoms with Crippen LogP contribution in [0.25, 0.3) is 10.9 Å². The number of aromatic nitrogens is 1. The van der Waals surface area contributed by atoms with Crippen LogP contribution in [0.3, 0.4) is 0 Å². The van der Waals surface area contributed by atoms with Crippen molar-refractivity contribution in [3.05, 3.63) is 101 Å². The van der Waals surface area contributed by atoms with E-state index in [1.165, 1.54) is 22.1 Å². The van der Waals surface area contributed by atoms with Crippen LogP contribution in [0.1, 0.15) is 65.6 Å². The highest BCUT2D eigenvalue weighted by molar-refractivity contribution is 5.86. The van der Waals surface area contributed by atoms with Gasteiger partial charge in [-0.3, -0.25) is 4.90 Å². The summed E-state index contributed by atoms with van der Waals surface area (Å²) in [5, 5.41) is 1.25. The molecular weight excluding hydrogens is 460 g/mol. The highest BCUT2D eigenvalue weighted by atomic mass is 16.6. The predicted molar refractivity (Wildman–Crippen MR) is 144 cm³/mol. The summed E-state index contributed by atoms with van der Waals surface area (Å²) >= 11 is 0. The molecule has 7 rings (SSSR count). The molecule has 1 saturated carbocycles. The van der Waals surface area contributed by atoms with Gasteiger partial charge in [0.25, 0.3) is 0 Å². The molecule has 0 saturated heterocycles. The molecule has 1 atom stereocenters. The van der Waals surface area contributed by atoms with Gasteiger partial charge in [-0.1, -0.05) is 54.6 Å². The zero-order valence-corrected chi connectivity index (χ0v) is 21.0. The third-order valence-electron chi connectivity index (χ3n) is 8.51. The first-order valence-corrected chi connectivity index (χ1v) is 13.6. The van der Waals surface area contributed by atoms with Gasteiger partial charge in [0.15, 0.2) is 0 Å². The van der Waals surface area contributed by atoms with E-state index in [4.69, 9.17) is 9.47 Å². The van der Waals surface area contributed by atoms with E-state index in [1.54, 1.807) is 0 Å². The average Bonchev–Trinajstić information content (AvgIpc) is 3.57.